The molecule has 1 aliphatic heterocycles. The molecule has 1 aromatic rings. The van der Waals surface area contributed by atoms with Crippen LogP contribution < -0.4 is 0 Å². The van der Waals surface area contributed by atoms with Crippen LogP contribution in [0.3, 0.4) is 0 Å². The van der Waals surface area contributed by atoms with Crippen LogP contribution in [-0.4, -0.2) is 29.7 Å². The summed E-state index contributed by atoms with van der Waals surface area (Å²) < 4.78 is 12.8. The molecule has 1 fully saturated rings. The zero-order valence-electron chi connectivity index (χ0n) is 12.2. The van der Waals surface area contributed by atoms with Crippen molar-refractivity contribution in [3.8, 4) is 6.07 Å². The Hall–Kier alpha value is -2.48. The number of likely N-dealkylation sites (tertiary alicyclic amines) is 1. The number of nitrogens with zero attached hydrogens (tertiary/aromatic N) is 2. The molecule has 0 aliphatic carbocycles. The van der Waals surface area contributed by atoms with Crippen LogP contribution in [0.1, 0.15) is 24.8 Å². The largest absolute Gasteiger partial charge is 0.341 e. The molecule has 114 valence electrons. The van der Waals surface area contributed by atoms with Gasteiger partial charge in [-0.1, -0.05) is 18.2 Å². The van der Waals surface area contributed by atoms with Crippen LogP contribution in [-0.2, 0) is 9.59 Å². The molecule has 0 radical (unpaired) electrons. The van der Waals surface area contributed by atoms with Crippen molar-refractivity contribution >= 4 is 17.8 Å². The van der Waals surface area contributed by atoms with Crippen LogP contribution >= 0.6 is 0 Å². The Balaban J connectivity index is 2.03. The first-order valence-electron chi connectivity index (χ1n) is 7.27. The van der Waals surface area contributed by atoms with Crippen molar-refractivity contribution in [3.63, 3.8) is 0 Å². The molecule has 22 heavy (non-hydrogen) atoms. The second-order valence-electron chi connectivity index (χ2n) is 5.24. The van der Waals surface area contributed by atoms with E-state index in [0.717, 1.165) is 19.3 Å². The van der Waals surface area contributed by atoms with Gasteiger partial charge in [0.2, 0.25) is 5.91 Å². The highest BCUT2D eigenvalue weighted by Gasteiger charge is 2.29. The highest BCUT2D eigenvalue weighted by atomic mass is 19.1. The highest BCUT2D eigenvalue weighted by molar-refractivity contribution is 6.10. The average molecular weight is 300 g/mol. The van der Waals surface area contributed by atoms with Gasteiger partial charge < -0.3 is 4.90 Å². The lowest BCUT2D eigenvalue weighted by atomic mass is 10.0. The molecule has 0 unspecified atom stereocenters. The van der Waals surface area contributed by atoms with E-state index in [-0.39, 0.29) is 5.82 Å². The molecule has 1 atom stereocenters. The van der Waals surface area contributed by atoms with Gasteiger partial charge in [-0.05, 0) is 43.0 Å². The number of carbonyl (C=O) groups excluding carboxylic acids is 2. The second-order valence-corrected chi connectivity index (χ2v) is 5.24. The fourth-order valence-electron chi connectivity index (χ4n) is 2.39. The second kappa shape index (κ2) is 7.51. The Kier molecular flexibility index (Phi) is 5.42. The molecule has 0 N–H and O–H groups in total. The lowest BCUT2D eigenvalue weighted by Gasteiger charge is -2.27. The van der Waals surface area contributed by atoms with Gasteiger partial charge in [-0.25, -0.2) is 4.39 Å². The molecule has 1 heterocycles. The lowest BCUT2D eigenvalue weighted by molar-refractivity contribution is -0.138. The van der Waals surface area contributed by atoms with Crippen molar-refractivity contribution in [2.75, 3.05) is 13.1 Å². The Morgan fingerprint density at radius 1 is 1.18 bits per heavy atom. The molecular weight excluding hydrogens is 283 g/mol. The first-order valence-corrected chi connectivity index (χ1v) is 7.27. The maximum atomic E-state index is 12.8. The summed E-state index contributed by atoms with van der Waals surface area (Å²) in [5.41, 5.74) is 0.636. The summed E-state index contributed by atoms with van der Waals surface area (Å²) in [6, 6.07) is 7.40. The summed E-state index contributed by atoms with van der Waals surface area (Å²) in [5, 5.41) is 9.13. The van der Waals surface area contributed by atoms with E-state index in [1.165, 1.54) is 36.4 Å². The van der Waals surface area contributed by atoms with Crippen LogP contribution in [0.15, 0.2) is 30.3 Å². The number of allylic oxidation sites excluding steroid dienone is 1. The summed E-state index contributed by atoms with van der Waals surface area (Å²) in [7, 11) is 0. The fraction of sp³-hybridized carbons (Fsp3) is 0.353. The minimum absolute atomic E-state index is 0.362. The minimum atomic E-state index is -1.30. The number of benzene rings is 1. The third kappa shape index (κ3) is 4.01. The Labute approximate surface area is 128 Å². The molecule has 5 heteroatoms. The number of nitriles is 1. The molecule has 0 saturated carbocycles. The fourth-order valence-corrected chi connectivity index (χ4v) is 2.39. The van der Waals surface area contributed by atoms with Crippen molar-refractivity contribution in [2.45, 2.75) is 19.3 Å². The lowest BCUT2D eigenvalue weighted by Crippen LogP contribution is -2.41. The minimum Gasteiger partial charge on any atom is -0.341 e. The molecule has 1 aliphatic rings. The summed E-state index contributed by atoms with van der Waals surface area (Å²) in [4.78, 5) is 25.9. The molecule has 0 bridgehead atoms. The topological polar surface area (TPSA) is 61.2 Å². The van der Waals surface area contributed by atoms with E-state index in [1.54, 1.807) is 11.0 Å². The number of halogens is 1. The highest BCUT2D eigenvalue weighted by Crippen LogP contribution is 2.14. The van der Waals surface area contributed by atoms with E-state index in [4.69, 9.17) is 5.26 Å². The summed E-state index contributed by atoms with van der Waals surface area (Å²) in [6.07, 6.45) is 5.57. The number of hydrogen-bond acceptors (Lipinski definition) is 3. The summed E-state index contributed by atoms with van der Waals surface area (Å²) in [6.45, 7) is 1.21. The molecule has 1 aromatic carbocycles. The van der Waals surface area contributed by atoms with Gasteiger partial charge in [0.25, 0.3) is 0 Å². The van der Waals surface area contributed by atoms with Crippen LogP contribution in [0.25, 0.3) is 6.08 Å². The predicted octanol–water partition coefficient (Wildman–Crippen LogP) is 2.56. The van der Waals surface area contributed by atoms with Gasteiger partial charge in [0.15, 0.2) is 11.7 Å². The van der Waals surface area contributed by atoms with Gasteiger partial charge in [0, 0.05) is 13.1 Å². The van der Waals surface area contributed by atoms with E-state index in [9.17, 15) is 14.0 Å². The van der Waals surface area contributed by atoms with Crippen molar-refractivity contribution in [3.05, 3.63) is 41.7 Å². The number of carbonyl (C=O) groups is 2. The molecule has 1 saturated heterocycles. The number of rotatable bonds is 4. The SMILES string of the molecule is N#C[C@@H](C(=O)/C=C/c1ccc(F)cc1)C(=O)N1CCCCC1. The quantitative estimate of drug-likeness (QED) is 0.634. The number of amides is 1. The summed E-state index contributed by atoms with van der Waals surface area (Å²) >= 11 is 0. The molecule has 0 aromatic heterocycles. The first kappa shape index (κ1) is 15.9. The average Bonchev–Trinajstić information content (AvgIpc) is 2.55. The molecule has 1 amide bonds. The van der Waals surface area contributed by atoms with E-state index < -0.39 is 17.6 Å². The summed E-state index contributed by atoms with van der Waals surface area (Å²) in [5.74, 6) is -2.62. The van der Waals surface area contributed by atoms with Gasteiger partial charge in [0.1, 0.15) is 5.82 Å². The van der Waals surface area contributed by atoms with Gasteiger partial charge >= 0.3 is 0 Å². The normalized spacial score (nSPS) is 16.3. The Morgan fingerprint density at radius 2 is 1.82 bits per heavy atom. The van der Waals surface area contributed by atoms with Crippen LogP contribution in [0.2, 0.25) is 0 Å². The van der Waals surface area contributed by atoms with Crippen LogP contribution in [0.5, 0.6) is 0 Å². The third-order valence-corrected chi connectivity index (χ3v) is 3.64. The van der Waals surface area contributed by atoms with Crippen LogP contribution in [0, 0.1) is 23.1 Å². The van der Waals surface area contributed by atoms with E-state index in [1.807, 2.05) is 0 Å². The molecule has 2 rings (SSSR count). The van der Waals surface area contributed by atoms with Gasteiger partial charge in [-0.15, -0.1) is 0 Å². The zero-order chi connectivity index (χ0) is 15.9. The van der Waals surface area contributed by atoms with E-state index >= 15 is 0 Å². The van der Waals surface area contributed by atoms with Gasteiger partial charge in [-0.3, -0.25) is 9.59 Å². The molecule has 0 spiro atoms. The monoisotopic (exact) mass is 300 g/mol. The van der Waals surface area contributed by atoms with E-state index in [2.05, 4.69) is 0 Å². The van der Waals surface area contributed by atoms with Crippen molar-refractivity contribution in [2.24, 2.45) is 5.92 Å². The number of piperidine rings is 1. The van der Waals surface area contributed by atoms with E-state index in [0.29, 0.717) is 18.7 Å². The maximum Gasteiger partial charge on any atom is 0.247 e. The van der Waals surface area contributed by atoms with Crippen molar-refractivity contribution in [1.82, 2.24) is 4.90 Å². The van der Waals surface area contributed by atoms with Gasteiger partial charge in [0.05, 0.1) is 6.07 Å². The van der Waals surface area contributed by atoms with Gasteiger partial charge in [-0.2, -0.15) is 5.26 Å². The van der Waals surface area contributed by atoms with Crippen molar-refractivity contribution in [1.29, 1.82) is 5.26 Å². The standard InChI is InChI=1S/C17H17FN2O2/c18-14-7-4-13(5-8-14)6-9-16(21)15(12-19)17(22)20-10-2-1-3-11-20/h4-9,15H,1-3,10-11H2/b9-6+/t15-/m0/s1. The Bertz CT molecular complexity index is 611. The molecule has 4 nitrogen and oxygen atoms in total. The zero-order valence-corrected chi connectivity index (χ0v) is 12.2. The number of hydrogen-bond donors (Lipinski definition) is 0. The molecular formula is C17H17FN2O2. The maximum absolute atomic E-state index is 12.8. The first-order chi connectivity index (χ1) is 10.6. The van der Waals surface area contributed by atoms with Crippen LogP contribution in [0.4, 0.5) is 4.39 Å². The predicted molar refractivity (Wildman–Crippen MR) is 80.0 cm³/mol. The van der Waals surface area contributed by atoms with Crippen molar-refractivity contribution < 1.29 is 14.0 Å². The third-order valence-electron chi connectivity index (χ3n) is 3.64. The number of ketones is 1. The Morgan fingerprint density at radius 3 is 2.41 bits per heavy atom. The smallest absolute Gasteiger partial charge is 0.247 e.